The fourth-order valence-electron chi connectivity index (χ4n) is 6.49. The first-order chi connectivity index (χ1) is 22.9. The number of thiazole rings is 1. The van der Waals surface area contributed by atoms with Crippen LogP contribution >= 0.6 is 11.3 Å². The lowest BCUT2D eigenvalue weighted by Crippen LogP contribution is -2.50. The molecule has 3 aliphatic heterocycles. The van der Waals surface area contributed by atoms with Crippen LogP contribution in [0.1, 0.15) is 54.1 Å². The van der Waals surface area contributed by atoms with Gasteiger partial charge in [0.2, 0.25) is 0 Å². The number of rotatable bonds is 6. The summed E-state index contributed by atoms with van der Waals surface area (Å²) in [6.45, 7) is 7.85. The fourth-order valence-corrected chi connectivity index (χ4v) is 7.02. The highest BCUT2D eigenvalue weighted by Gasteiger charge is 2.43. The lowest BCUT2D eigenvalue weighted by molar-refractivity contribution is -0.121. The van der Waals surface area contributed by atoms with Crippen molar-refractivity contribution < 1.29 is 27.9 Å². The van der Waals surface area contributed by atoms with Gasteiger partial charge >= 0.3 is 6.09 Å². The number of nitrogens with zero attached hydrogens (tertiary/aromatic N) is 6. The molecule has 0 aliphatic carbocycles. The molecular formula is C34H35F2N7O4S. The molecule has 0 spiro atoms. The van der Waals surface area contributed by atoms with Crippen molar-refractivity contribution in [3.05, 3.63) is 82.6 Å². The van der Waals surface area contributed by atoms with Crippen molar-refractivity contribution in [2.75, 3.05) is 36.4 Å². The van der Waals surface area contributed by atoms with E-state index in [1.807, 2.05) is 45.0 Å². The molecule has 0 bridgehead atoms. The van der Waals surface area contributed by atoms with Crippen molar-refractivity contribution in [1.29, 1.82) is 0 Å². The average molecular weight is 676 g/mol. The Hall–Kier alpha value is -4.85. The molecular weight excluding hydrogens is 640 g/mol. The van der Waals surface area contributed by atoms with Gasteiger partial charge in [-0.05, 0) is 56.2 Å². The van der Waals surface area contributed by atoms with Gasteiger partial charge in [-0.3, -0.25) is 14.9 Å². The molecule has 0 saturated carbocycles. The zero-order valence-electron chi connectivity index (χ0n) is 26.8. The summed E-state index contributed by atoms with van der Waals surface area (Å²) in [6, 6.07) is 9.47. The Kier molecular flexibility index (Phi) is 8.14. The van der Waals surface area contributed by atoms with E-state index >= 15 is 4.39 Å². The molecule has 0 radical (unpaired) electrons. The van der Waals surface area contributed by atoms with E-state index < -0.39 is 35.4 Å². The number of benzene rings is 2. The van der Waals surface area contributed by atoms with Crippen LogP contribution in [0.25, 0.3) is 11.1 Å². The van der Waals surface area contributed by atoms with Crippen LogP contribution in [0.2, 0.25) is 0 Å². The van der Waals surface area contributed by atoms with Crippen molar-refractivity contribution in [1.82, 2.24) is 24.3 Å². The number of piperazine rings is 1. The minimum absolute atomic E-state index is 0.0687. The number of hydrogen-bond donors (Lipinski definition) is 1. The Labute approximate surface area is 280 Å². The molecule has 3 amide bonds. The highest BCUT2D eigenvalue weighted by Crippen LogP contribution is 2.38. The van der Waals surface area contributed by atoms with Crippen LogP contribution in [0.4, 0.5) is 24.4 Å². The molecule has 11 nitrogen and oxygen atoms in total. The number of halogens is 2. The smallest absolute Gasteiger partial charge is 0.410 e. The summed E-state index contributed by atoms with van der Waals surface area (Å²) >= 11 is 1.22. The van der Waals surface area contributed by atoms with Crippen LogP contribution in [0.15, 0.2) is 54.3 Å². The molecule has 2 atom stereocenters. The SMILES string of the molecule is CC(C)(C)OC(=O)N1CCN(c2ccc(-c3cc(F)c4c(c3)C(=O)N(C(C(=O)Nc3nccs3)c3ncn5c3CC(F)C5)C4)cc2)CC1. The number of imidazole rings is 1. The Morgan fingerprint density at radius 3 is 2.50 bits per heavy atom. The van der Waals surface area contributed by atoms with E-state index in [1.54, 1.807) is 27.1 Å². The maximum absolute atomic E-state index is 15.7. The number of carbonyl (C=O) groups excluding carboxylic acids is 3. The number of hydrogen-bond acceptors (Lipinski definition) is 8. The molecule has 14 heteroatoms. The second kappa shape index (κ2) is 12.3. The molecule has 48 heavy (non-hydrogen) atoms. The normalized spacial score (nSPS) is 18.1. The third-order valence-electron chi connectivity index (χ3n) is 8.78. The maximum atomic E-state index is 15.7. The van der Waals surface area contributed by atoms with Crippen LogP contribution in [0.3, 0.4) is 0 Å². The molecule has 1 saturated heterocycles. The Morgan fingerprint density at radius 2 is 1.81 bits per heavy atom. The highest BCUT2D eigenvalue weighted by molar-refractivity contribution is 7.13. The van der Waals surface area contributed by atoms with Crippen molar-refractivity contribution in [2.45, 2.75) is 58.1 Å². The van der Waals surface area contributed by atoms with Crippen LogP contribution < -0.4 is 10.2 Å². The highest BCUT2D eigenvalue weighted by atomic mass is 32.1. The van der Waals surface area contributed by atoms with Crippen molar-refractivity contribution >= 4 is 40.1 Å². The predicted octanol–water partition coefficient (Wildman–Crippen LogP) is 5.43. The summed E-state index contributed by atoms with van der Waals surface area (Å²) in [4.78, 5) is 53.8. The monoisotopic (exact) mass is 675 g/mol. The summed E-state index contributed by atoms with van der Waals surface area (Å²) in [5, 5.41) is 4.80. The number of ether oxygens (including phenoxy) is 1. The maximum Gasteiger partial charge on any atom is 0.410 e. The van der Waals surface area contributed by atoms with Gasteiger partial charge < -0.3 is 24.0 Å². The molecule has 1 fully saturated rings. The van der Waals surface area contributed by atoms with E-state index in [4.69, 9.17) is 4.74 Å². The number of carbonyl (C=O) groups is 3. The van der Waals surface area contributed by atoms with Gasteiger partial charge in [0, 0.05) is 66.7 Å². The van der Waals surface area contributed by atoms with Gasteiger partial charge in [-0.15, -0.1) is 11.3 Å². The zero-order chi connectivity index (χ0) is 33.7. The molecule has 7 rings (SSSR count). The number of amides is 3. The van der Waals surface area contributed by atoms with E-state index in [0.29, 0.717) is 42.6 Å². The number of fused-ring (bicyclic) bond motifs is 2. The second-order valence-electron chi connectivity index (χ2n) is 13.2. The fraction of sp³-hybridized carbons (Fsp3) is 0.382. The summed E-state index contributed by atoms with van der Waals surface area (Å²) in [7, 11) is 0. The number of alkyl halides is 1. The second-order valence-corrected chi connectivity index (χ2v) is 14.1. The number of aromatic nitrogens is 3. The van der Waals surface area contributed by atoms with Crippen LogP contribution in [-0.4, -0.2) is 80.2 Å². The minimum atomic E-state index is -1.21. The number of nitrogens with one attached hydrogen (secondary N) is 1. The predicted molar refractivity (Wildman–Crippen MR) is 176 cm³/mol. The standard InChI is InChI=1S/C34H35F2N7O4S/c1-34(2,3)47-33(46)41-11-9-40(10-12-41)23-6-4-20(5-7-23)21-14-24-25(26(36)15-21)18-43(31(24)45)29(30(44)39-32-37-8-13-48-32)28-27-16-22(35)17-42(27)19-38-28/h4-8,13-15,19,22,29H,9-12,16-18H2,1-3H3,(H,37,39,44). The van der Waals surface area contributed by atoms with Gasteiger partial charge in [0.25, 0.3) is 11.8 Å². The van der Waals surface area contributed by atoms with E-state index in [2.05, 4.69) is 20.2 Å². The van der Waals surface area contributed by atoms with Crippen molar-refractivity contribution in [3.8, 4) is 11.1 Å². The first-order valence-corrected chi connectivity index (χ1v) is 16.7. The molecule has 2 aromatic carbocycles. The van der Waals surface area contributed by atoms with E-state index in [-0.39, 0.29) is 42.4 Å². The van der Waals surface area contributed by atoms with Gasteiger partial charge in [-0.2, -0.15) is 0 Å². The average Bonchev–Trinajstić information content (AvgIpc) is 3.84. The molecule has 4 aromatic rings. The first kappa shape index (κ1) is 31.7. The number of anilines is 2. The molecule has 2 aromatic heterocycles. The first-order valence-electron chi connectivity index (χ1n) is 15.8. The third-order valence-corrected chi connectivity index (χ3v) is 9.47. The lowest BCUT2D eigenvalue weighted by atomic mass is 9.99. The summed E-state index contributed by atoms with van der Waals surface area (Å²) < 4.78 is 37.2. The lowest BCUT2D eigenvalue weighted by Gasteiger charge is -2.36. The third kappa shape index (κ3) is 6.12. The Balaban J connectivity index is 1.10. The molecule has 3 aliphatic rings. The Bertz CT molecular complexity index is 1860. The van der Waals surface area contributed by atoms with E-state index in [0.717, 1.165) is 11.3 Å². The molecule has 1 N–H and O–H groups in total. The van der Waals surface area contributed by atoms with Gasteiger partial charge in [0.1, 0.15) is 17.6 Å². The van der Waals surface area contributed by atoms with Gasteiger partial charge in [0.15, 0.2) is 11.2 Å². The van der Waals surface area contributed by atoms with E-state index in [1.165, 1.54) is 28.6 Å². The largest absolute Gasteiger partial charge is 0.444 e. The van der Waals surface area contributed by atoms with Crippen LogP contribution in [0.5, 0.6) is 0 Å². The summed E-state index contributed by atoms with van der Waals surface area (Å²) in [6.07, 6.45) is 1.65. The quantitative estimate of drug-likeness (QED) is 0.290. The summed E-state index contributed by atoms with van der Waals surface area (Å²) in [5.74, 6) is -1.63. The van der Waals surface area contributed by atoms with Gasteiger partial charge in [-0.1, -0.05) is 12.1 Å². The van der Waals surface area contributed by atoms with Gasteiger partial charge in [-0.25, -0.2) is 23.5 Å². The molecule has 250 valence electrons. The molecule has 2 unspecified atom stereocenters. The molecule has 5 heterocycles. The van der Waals surface area contributed by atoms with Crippen molar-refractivity contribution in [3.63, 3.8) is 0 Å². The van der Waals surface area contributed by atoms with Crippen LogP contribution in [-0.2, 0) is 29.0 Å². The Morgan fingerprint density at radius 1 is 1.06 bits per heavy atom. The van der Waals surface area contributed by atoms with E-state index in [9.17, 15) is 18.8 Å². The minimum Gasteiger partial charge on any atom is -0.444 e. The van der Waals surface area contributed by atoms with Gasteiger partial charge in [0.05, 0.1) is 25.1 Å². The summed E-state index contributed by atoms with van der Waals surface area (Å²) in [5.41, 5.74) is 2.82. The zero-order valence-corrected chi connectivity index (χ0v) is 27.6. The van der Waals surface area contributed by atoms with Crippen LogP contribution in [0, 0.1) is 5.82 Å². The topological polar surface area (TPSA) is 113 Å². The van der Waals surface area contributed by atoms with Crippen molar-refractivity contribution in [2.24, 2.45) is 0 Å².